The lowest BCUT2D eigenvalue weighted by Gasteiger charge is -2.11. The van der Waals surface area contributed by atoms with Gasteiger partial charge in [-0.15, -0.1) is 0 Å². The Hall–Kier alpha value is -1.10. The van der Waals surface area contributed by atoms with Crippen molar-refractivity contribution in [1.29, 1.82) is 0 Å². The van der Waals surface area contributed by atoms with E-state index in [1.807, 2.05) is 25.2 Å². The fourth-order valence-corrected chi connectivity index (χ4v) is 2.53. The monoisotopic (exact) mass is 357 g/mol. The van der Waals surface area contributed by atoms with Gasteiger partial charge in [0.1, 0.15) is 18.2 Å². The van der Waals surface area contributed by atoms with Gasteiger partial charge < -0.3 is 10.1 Å². The van der Waals surface area contributed by atoms with Crippen molar-refractivity contribution in [3.05, 3.63) is 62.8 Å². The van der Waals surface area contributed by atoms with E-state index in [1.165, 1.54) is 12.1 Å². The van der Waals surface area contributed by atoms with Gasteiger partial charge in [-0.05, 0) is 52.8 Å². The lowest BCUT2D eigenvalue weighted by atomic mass is 10.2. The standard InChI is InChI=1S/C15H14BrClFNO/c1-19-8-10-2-5-15(13(16)6-10)20-9-11-3-4-12(18)7-14(11)17/h2-7,19H,8-9H2,1H3. The molecule has 0 saturated carbocycles. The van der Waals surface area contributed by atoms with Crippen LogP contribution < -0.4 is 10.1 Å². The normalized spacial score (nSPS) is 10.6. The highest BCUT2D eigenvalue weighted by Crippen LogP contribution is 2.28. The van der Waals surface area contributed by atoms with E-state index in [9.17, 15) is 4.39 Å². The summed E-state index contributed by atoms with van der Waals surface area (Å²) < 4.78 is 19.5. The second kappa shape index (κ2) is 7.07. The van der Waals surface area contributed by atoms with Crippen molar-refractivity contribution in [2.75, 3.05) is 7.05 Å². The summed E-state index contributed by atoms with van der Waals surface area (Å²) in [7, 11) is 1.90. The predicted octanol–water partition coefficient (Wildman–Crippen LogP) is 4.54. The number of nitrogens with one attached hydrogen (secondary N) is 1. The van der Waals surface area contributed by atoms with Gasteiger partial charge in [0.15, 0.2) is 0 Å². The van der Waals surface area contributed by atoms with Gasteiger partial charge in [-0.25, -0.2) is 4.39 Å². The van der Waals surface area contributed by atoms with Gasteiger partial charge in [0.25, 0.3) is 0 Å². The largest absolute Gasteiger partial charge is 0.488 e. The Morgan fingerprint density at radius 3 is 2.70 bits per heavy atom. The third kappa shape index (κ3) is 3.95. The average Bonchev–Trinajstić information content (AvgIpc) is 2.40. The number of hydrogen-bond acceptors (Lipinski definition) is 2. The molecule has 0 bridgehead atoms. The zero-order chi connectivity index (χ0) is 14.5. The van der Waals surface area contributed by atoms with E-state index in [0.29, 0.717) is 11.6 Å². The molecule has 0 aliphatic heterocycles. The van der Waals surface area contributed by atoms with Crippen LogP contribution in [0.2, 0.25) is 5.02 Å². The minimum atomic E-state index is -0.351. The molecule has 2 aromatic carbocycles. The fraction of sp³-hybridized carbons (Fsp3) is 0.200. The van der Waals surface area contributed by atoms with Crippen LogP contribution in [0, 0.1) is 5.82 Å². The third-order valence-electron chi connectivity index (χ3n) is 2.78. The maximum Gasteiger partial charge on any atom is 0.134 e. The molecular weight excluding hydrogens is 345 g/mol. The molecule has 0 aromatic heterocycles. The lowest BCUT2D eigenvalue weighted by molar-refractivity contribution is 0.304. The van der Waals surface area contributed by atoms with Crippen LogP contribution >= 0.6 is 27.5 Å². The number of rotatable bonds is 5. The van der Waals surface area contributed by atoms with E-state index in [2.05, 4.69) is 21.2 Å². The van der Waals surface area contributed by atoms with E-state index in [0.717, 1.165) is 27.9 Å². The molecule has 20 heavy (non-hydrogen) atoms. The highest BCUT2D eigenvalue weighted by molar-refractivity contribution is 9.10. The van der Waals surface area contributed by atoms with Crippen molar-refractivity contribution in [3.8, 4) is 5.75 Å². The first-order valence-electron chi connectivity index (χ1n) is 6.10. The summed E-state index contributed by atoms with van der Waals surface area (Å²) in [4.78, 5) is 0. The minimum Gasteiger partial charge on any atom is -0.488 e. The Balaban J connectivity index is 2.07. The summed E-state index contributed by atoms with van der Waals surface area (Å²) >= 11 is 9.44. The number of halogens is 3. The van der Waals surface area contributed by atoms with Crippen molar-refractivity contribution in [3.63, 3.8) is 0 Å². The molecule has 0 aliphatic rings. The number of benzene rings is 2. The molecule has 0 fully saturated rings. The molecule has 1 N–H and O–H groups in total. The van der Waals surface area contributed by atoms with Crippen LogP contribution in [0.25, 0.3) is 0 Å². The molecule has 0 atom stereocenters. The third-order valence-corrected chi connectivity index (χ3v) is 3.75. The van der Waals surface area contributed by atoms with Gasteiger partial charge in [0, 0.05) is 12.1 Å². The molecule has 0 amide bonds. The van der Waals surface area contributed by atoms with Gasteiger partial charge in [-0.1, -0.05) is 23.7 Å². The van der Waals surface area contributed by atoms with E-state index in [1.54, 1.807) is 6.07 Å². The van der Waals surface area contributed by atoms with Crippen LogP contribution in [-0.4, -0.2) is 7.05 Å². The fourth-order valence-electron chi connectivity index (χ4n) is 1.77. The molecule has 0 unspecified atom stereocenters. The summed E-state index contributed by atoms with van der Waals surface area (Å²) in [5.74, 6) is 0.376. The highest BCUT2D eigenvalue weighted by atomic mass is 79.9. The van der Waals surface area contributed by atoms with Crippen LogP contribution in [0.3, 0.4) is 0 Å². The predicted molar refractivity (Wildman–Crippen MR) is 82.6 cm³/mol. The highest BCUT2D eigenvalue weighted by Gasteiger charge is 2.06. The van der Waals surface area contributed by atoms with Crippen LogP contribution in [0.15, 0.2) is 40.9 Å². The van der Waals surface area contributed by atoms with E-state index >= 15 is 0 Å². The molecule has 0 radical (unpaired) electrons. The first-order valence-corrected chi connectivity index (χ1v) is 7.27. The Kier molecular flexibility index (Phi) is 5.40. The molecule has 2 nitrogen and oxygen atoms in total. The zero-order valence-corrected chi connectivity index (χ0v) is 13.3. The topological polar surface area (TPSA) is 21.3 Å². The second-order valence-electron chi connectivity index (χ2n) is 4.32. The number of ether oxygens (including phenoxy) is 1. The number of hydrogen-bond donors (Lipinski definition) is 1. The van der Waals surface area contributed by atoms with Crippen molar-refractivity contribution in [2.45, 2.75) is 13.2 Å². The van der Waals surface area contributed by atoms with Crippen LogP contribution in [-0.2, 0) is 13.2 Å². The Labute approximate surface area is 131 Å². The Bertz CT molecular complexity index is 606. The minimum absolute atomic E-state index is 0.295. The maximum atomic E-state index is 13.0. The smallest absolute Gasteiger partial charge is 0.134 e. The lowest BCUT2D eigenvalue weighted by Crippen LogP contribution is -2.05. The van der Waals surface area contributed by atoms with Crippen molar-refractivity contribution in [1.82, 2.24) is 5.32 Å². The summed E-state index contributed by atoms with van der Waals surface area (Å²) in [5, 5.41) is 3.46. The molecule has 0 saturated heterocycles. The molecule has 2 aromatic rings. The first kappa shape index (κ1) is 15.3. The van der Waals surface area contributed by atoms with Crippen LogP contribution in [0.1, 0.15) is 11.1 Å². The molecule has 0 spiro atoms. The molecule has 0 heterocycles. The molecule has 0 aliphatic carbocycles. The van der Waals surface area contributed by atoms with E-state index < -0.39 is 0 Å². The second-order valence-corrected chi connectivity index (χ2v) is 5.58. The molecule has 106 valence electrons. The average molecular weight is 359 g/mol. The van der Waals surface area contributed by atoms with E-state index in [-0.39, 0.29) is 5.82 Å². The van der Waals surface area contributed by atoms with Gasteiger partial charge in [-0.2, -0.15) is 0 Å². The SMILES string of the molecule is CNCc1ccc(OCc2ccc(F)cc2Cl)c(Br)c1. The van der Waals surface area contributed by atoms with Gasteiger partial charge in [0.05, 0.1) is 9.50 Å². The van der Waals surface area contributed by atoms with Crippen molar-refractivity contribution in [2.24, 2.45) is 0 Å². The van der Waals surface area contributed by atoms with E-state index in [4.69, 9.17) is 16.3 Å². The molecule has 2 rings (SSSR count). The van der Waals surface area contributed by atoms with Crippen LogP contribution in [0.4, 0.5) is 4.39 Å². The Morgan fingerprint density at radius 2 is 2.05 bits per heavy atom. The summed E-state index contributed by atoms with van der Waals surface area (Å²) in [6.45, 7) is 1.09. The summed E-state index contributed by atoms with van der Waals surface area (Å²) in [6.07, 6.45) is 0. The van der Waals surface area contributed by atoms with Gasteiger partial charge in [-0.3, -0.25) is 0 Å². The summed E-state index contributed by atoms with van der Waals surface area (Å²) in [6, 6.07) is 10.2. The zero-order valence-electron chi connectivity index (χ0n) is 10.9. The summed E-state index contributed by atoms with van der Waals surface area (Å²) in [5.41, 5.74) is 1.91. The molecular formula is C15H14BrClFNO. The van der Waals surface area contributed by atoms with Crippen molar-refractivity contribution >= 4 is 27.5 Å². The van der Waals surface area contributed by atoms with Crippen LogP contribution in [0.5, 0.6) is 5.75 Å². The first-order chi connectivity index (χ1) is 9.60. The molecule has 5 heteroatoms. The Morgan fingerprint density at radius 1 is 1.25 bits per heavy atom. The van der Waals surface area contributed by atoms with Gasteiger partial charge >= 0.3 is 0 Å². The quantitative estimate of drug-likeness (QED) is 0.847. The van der Waals surface area contributed by atoms with Gasteiger partial charge in [0.2, 0.25) is 0 Å². The van der Waals surface area contributed by atoms with Crippen molar-refractivity contribution < 1.29 is 9.13 Å². The maximum absolute atomic E-state index is 13.0.